The van der Waals surface area contributed by atoms with Crippen LogP contribution in [0, 0.1) is 11.6 Å². The molecule has 0 saturated heterocycles. The molecule has 3 rings (SSSR count). The molecule has 5 heteroatoms. The van der Waals surface area contributed by atoms with Crippen LogP contribution < -0.4 is 0 Å². The third kappa shape index (κ3) is 2.67. The van der Waals surface area contributed by atoms with Crippen molar-refractivity contribution in [2.24, 2.45) is 0 Å². The fourth-order valence-electron chi connectivity index (χ4n) is 2.41. The molecule has 1 atom stereocenters. The molecule has 1 aliphatic rings. The van der Waals surface area contributed by atoms with Gasteiger partial charge in [-0.25, -0.2) is 13.8 Å². The van der Waals surface area contributed by atoms with E-state index in [1.165, 1.54) is 23.5 Å². The van der Waals surface area contributed by atoms with Crippen LogP contribution in [-0.2, 0) is 12.8 Å². The zero-order valence-electron chi connectivity index (χ0n) is 10.2. The summed E-state index contributed by atoms with van der Waals surface area (Å²) in [4.78, 5) is 5.38. The number of aromatic nitrogens is 1. The number of aliphatic hydroxyl groups is 1. The summed E-state index contributed by atoms with van der Waals surface area (Å²) < 4.78 is 26.2. The van der Waals surface area contributed by atoms with Gasteiger partial charge < -0.3 is 5.11 Å². The van der Waals surface area contributed by atoms with Crippen LogP contribution in [0.4, 0.5) is 8.78 Å². The molecule has 1 unspecified atom stereocenters. The van der Waals surface area contributed by atoms with Crippen molar-refractivity contribution < 1.29 is 13.9 Å². The summed E-state index contributed by atoms with van der Waals surface area (Å²) in [5, 5.41) is 10.7. The van der Waals surface area contributed by atoms with Crippen molar-refractivity contribution in [3.05, 3.63) is 51.0 Å². The van der Waals surface area contributed by atoms with Gasteiger partial charge in [-0.2, -0.15) is 0 Å². The standard InChI is InChI=1S/C14H13F2NOS/c15-9-4-8(5-10(16)7-9)6-13-17-11-2-1-3-12(18)14(11)19-13/h4-5,7,12,18H,1-3,6H2. The summed E-state index contributed by atoms with van der Waals surface area (Å²) in [5.41, 5.74) is 1.51. The highest BCUT2D eigenvalue weighted by atomic mass is 32.1. The van der Waals surface area contributed by atoms with E-state index >= 15 is 0 Å². The summed E-state index contributed by atoms with van der Waals surface area (Å²) in [7, 11) is 0. The second-order valence-electron chi connectivity index (χ2n) is 4.78. The maximum atomic E-state index is 13.1. The quantitative estimate of drug-likeness (QED) is 0.915. The zero-order valence-corrected chi connectivity index (χ0v) is 11.0. The molecular weight excluding hydrogens is 268 g/mol. The summed E-state index contributed by atoms with van der Waals surface area (Å²) in [6, 6.07) is 3.50. The lowest BCUT2D eigenvalue weighted by molar-refractivity contribution is 0.160. The lowest BCUT2D eigenvalue weighted by atomic mass is 10.0. The first-order valence-electron chi connectivity index (χ1n) is 6.23. The summed E-state index contributed by atoms with van der Waals surface area (Å²) in [6.45, 7) is 0. The van der Waals surface area contributed by atoms with Gasteiger partial charge in [0.2, 0.25) is 0 Å². The first-order chi connectivity index (χ1) is 9.11. The molecule has 2 aromatic rings. The van der Waals surface area contributed by atoms with Gasteiger partial charge >= 0.3 is 0 Å². The van der Waals surface area contributed by atoms with Crippen molar-refractivity contribution in [2.75, 3.05) is 0 Å². The Morgan fingerprint density at radius 3 is 2.68 bits per heavy atom. The van der Waals surface area contributed by atoms with Crippen molar-refractivity contribution in [3.8, 4) is 0 Å². The molecule has 1 aromatic heterocycles. The first kappa shape index (κ1) is 12.7. The SMILES string of the molecule is OC1CCCc2nc(Cc3cc(F)cc(F)c3)sc21. The maximum Gasteiger partial charge on any atom is 0.126 e. The highest BCUT2D eigenvalue weighted by Gasteiger charge is 2.22. The Labute approximate surface area is 113 Å². The minimum absolute atomic E-state index is 0.402. The normalized spacial score (nSPS) is 18.4. The van der Waals surface area contributed by atoms with Crippen molar-refractivity contribution in [3.63, 3.8) is 0 Å². The van der Waals surface area contributed by atoms with E-state index in [0.717, 1.165) is 40.9 Å². The third-order valence-corrected chi connectivity index (χ3v) is 4.44. The third-order valence-electron chi connectivity index (χ3n) is 3.24. The summed E-state index contributed by atoms with van der Waals surface area (Å²) in [6.07, 6.45) is 2.55. The molecule has 1 N–H and O–H groups in total. The van der Waals surface area contributed by atoms with Gasteiger partial charge in [0, 0.05) is 12.5 Å². The summed E-state index contributed by atoms with van der Waals surface area (Å²) in [5.74, 6) is -1.15. The number of rotatable bonds is 2. The Morgan fingerprint density at radius 1 is 1.26 bits per heavy atom. The van der Waals surface area contributed by atoms with Crippen LogP contribution in [0.3, 0.4) is 0 Å². The fourth-order valence-corrected chi connectivity index (χ4v) is 3.58. The van der Waals surface area contributed by atoms with Crippen LogP contribution in [0.5, 0.6) is 0 Å². The number of nitrogens with zero attached hydrogens (tertiary/aromatic N) is 1. The van der Waals surface area contributed by atoms with Crippen LogP contribution in [0.1, 0.15) is 40.1 Å². The Hall–Kier alpha value is -1.33. The second kappa shape index (κ2) is 4.98. The van der Waals surface area contributed by atoms with Crippen molar-refractivity contribution in [1.82, 2.24) is 4.98 Å². The topological polar surface area (TPSA) is 33.1 Å². The average Bonchev–Trinajstić information content (AvgIpc) is 2.71. The zero-order chi connectivity index (χ0) is 13.4. The summed E-state index contributed by atoms with van der Waals surface area (Å²) >= 11 is 1.44. The van der Waals surface area contributed by atoms with Crippen molar-refractivity contribution >= 4 is 11.3 Å². The van der Waals surface area contributed by atoms with Gasteiger partial charge in [-0.3, -0.25) is 0 Å². The number of halogens is 2. The lowest BCUT2D eigenvalue weighted by Gasteiger charge is -2.14. The lowest BCUT2D eigenvalue weighted by Crippen LogP contribution is -2.06. The molecule has 0 amide bonds. The number of hydrogen-bond acceptors (Lipinski definition) is 3. The molecule has 1 aliphatic carbocycles. The average molecular weight is 281 g/mol. The molecular formula is C14H13F2NOS. The molecule has 0 saturated carbocycles. The van der Waals surface area contributed by atoms with Crippen LogP contribution in [0.15, 0.2) is 18.2 Å². The molecule has 2 nitrogen and oxygen atoms in total. The molecule has 0 fully saturated rings. The Kier molecular flexibility index (Phi) is 3.33. The van der Waals surface area contributed by atoms with E-state index in [0.29, 0.717) is 12.0 Å². The largest absolute Gasteiger partial charge is 0.388 e. The number of fused-ring (bicyclic) bond motifs is 1. The van der Waals surface area contributed by atoms with Crippen molar-refractivity contribution in [1.29, 1.82) is 0 Å². The van der Waals surface area contributed by atoms with Gasteiger partial charge in [0.25, 0.3) is 0 Å². The van der Waals surface area contributed by atoms with Crippen molar-refractivity contribution in [2.45, 2.75) is 31.8 Å². The predicted octanol–water partition coefficient (Wildman–Crippen LogP) is 3.38. The van der Waals surface area contributed by atoms with E-state index in [9.17, 15) is 13.9 Å². The number of benzene rings is 1. The number of thiazole rings is 1. The van der Waals surface area contributed by atoms with Crippen LogP contribution in [-0.4, -0.2) is 10.1 Å². The fraction of sp³-hybridized carbons (Fsp3) is 0.357. The molecule has 100 valence electrons. The molecule has 0 spiro atoms. The Balaban J connectivity index is 1.87. The van der Waals surface area contributed by atoms with E-state index in [1.54, 1.807) is 0 Å². The van der Waals surface area contributed by atoms with E-state index in [2.05, 4.69) is 4.98 Å². The maximum absolute atomic E-state index is 13.1. The van der Waals surface area contributed by atoms with Crippen LogP contribution in [0.25, 0.3) is 0 Å². The van der Waals surface area contributed by atoms with E-state index < -0.39 is 17.7 Å². The second-order valence-corrected chi connectivity index (χ2v) is 5.90. The highest BCUT2D eigenvalue weighted by Crippen LogP contribution is 2.34. The van der Waals surface area contributed by atoms with Gasteiger partial charge in [-0.15, -0.1) is 11.3 Å². The minimum atomic E-state index is -0.573. The first-order valence-corrected chi connectivity index (χ1v) is 7.05. The number of hydrogen-bond donors (Lipinski definition) is 1. The minimum Gasteiger partial charge on any atom is -0.388 e. The van der Waals surface area contributed by atoms with E-state index in [4.69, 9.17) is 0 Å². The number of aliphatic hydroxyl groups excluding tert-OH is 1. The molecule has 1 heterocycles. The number of aryl methyl sites for hydroxylation is 1. The van der Waals surface area contributed by atoms with Gasteiger partial charge in [0.05, 0.1) is 21.7 Å². The molecule has 1 aromatic carbocycles. The highest BCUT2D eigenvalue weighted by molar-refractivity contribution is 7.11. The molecule has 0 bridgehead atoms. The van der Waals surface area contributed by atoms with Gasteiger partial charge in [0.15, 0.2) is 0 Å². The Morgan fingerprint density at radius 2 is 2.00 bits per heavy atom. The van der Waals surface area contributed by atoms with Gasteiger partial charge in [-0.05, 0) is 37.0 Å². The van der Waals surface area contributed by atoms with E-state index in [-0.39, 0.29) is 0 Å². The van der Waals surface area contributed by atoms with Gasteiger partial charge in [-0.1, -0.05) is 0 Å². The van der Waals surface area contributed by atoms with Crippen LogP contribution in [0.2, 0.25) is 0 Å². The molecule has 19 heavy (non-hydrogen) atoms. The molecule has 0 radical (unpaired) electrons. The monoisotopic (exact) mass is 281 g/mol. The van der Waals surface area contributed by atoms with E-state index in [1.807, 2.05) is 0 Å². The van der Waals surface area contributed by atoms with Crippen LogP contribution >= 0.6 is 11.3 Å². The molecule has 0 aliphatic heterocycles. The van der Waals surface area contributed by atoms with Gasteiger partial charge in [0.1, 0.15) is 11.6 Å². The predicted molar refractivity (Wildman–Crippen MR) is 69.2 cm³/mol. The smallest absolute Gasteiger partial charge is 0.126 e. The Bertz CT molecular complexity index is 591.